The number of nitrogens with zero attached hydrogens (tertiary/aromatic N) is 6. The molecule has 2 aromatic heterocycles. The van der Waals surface area contributed by atoms with Gasteiger partial charge in [-0.2, -0.15) is 5.26 Å². The summed E-state index contributed by atoms with van der Waals surface area (Å²) in [6.45, 7) is 6.40. The fourth-order valence-electron chi connectivity index (χ4n) is 3.80. The van der Waals surface area contributed by atoms with Crippen LogP contribution in [0.3, 0.4) is 0 Å². The van der Waals surface area contributed by atoms with Gasteiger partial charge in [-0.25, -0.2) is 15.0 Å². The van der Waals surface area contributed by atoms with Crippen molar-refractivity contribution in [2.24, 2.45) is 4.99 Å². The van der Waals surface area contributed by atoms with Gasteiger partial charge in [-0.3, -0.25) is 5.32 Å². The zero-order valence-electron chi connectivity index (χ0n) is 17.3. The molecule has 9 heteroatoms. The monoisotopic (exact) mass is 404 g/mol. The first kappa shape index (κ1) is 19.5. The standard InChI is InChI=1S/C21H24N8O/c1-14-10-23-19-18(14)20(26-13-25-19)28-8-9-29(15(2)11-28)21(24-12-22)27-16-4-6-17(30-3)7-5-16/h4-7,10,13,15H,8-9,11H2,1-3H3,(H,24,27)(H,23,25,26)/t15-/m0/s1. The molecule has 0 bridgehead atoms. The Labute approximate surface area is 175 Å². The van der Waals surface area contributed by atoms with Crippen LogP contribution in [0.5, 0.6) is 5.75 Å². The minimum atomic E-state index is 0.126. The van der Waals surface area contributed by atoms with E-state index in [2.05, 4.69) is 48.9 Å². The van der Waals surface area contributed by atoms with Crippen molar-refractivity contribution in [3.8, 4) is 11.9 Å². The summed E-state index contributed by atoms with van der Waals surface area (Å²) in [5.74, 6) is 2.24. The van der Waals surface area contributed by atoms with E-state index in [0.717, 1.165) is 46.9 Å². The van der Waals surface area contributed by atoms with Crippen molar-refractivity contribution in [1.29, 1.82) is 5.26 Å². The van der Waals surface area contributed by atoms with E-state index in [9.17, 15) is 5.26 Å². The zero-order valence-corrected chi connectivity index (χ0v) is 17.3. The van der Waals surface area contributed by atoms with E-state index in [-0.39, 0.29) is 6.04 Å². The summed E-state index contributed by atoms with van der Waals surface area (Å²) in [6.07, 6.45) is 5.57. The normalized spacial score (nSPS) is 17.1. The van der Waals surface area contributed by atoms with Gasteiger partial charge in [-0.15, -0.1) is 0 Å². The van der Waals surface area contributed by atoms with Crippen LogP contribution >= 0.6 is 0 Å². The summed E-state index contributed by atoms with van der Waals surface area (Å²) in [5.41, 5.74) is 2.73. The van der Waals surface area contributed by atoms with Gasteiger partial charge in [-0.05, 0) is 43.7 Å². The number of H-pyrrole nitrogens is 1. The second-order valence-electron chi connectivity index (χ2n) is 7.25. The van der Waals surface area contributed by atoms with Crippen LogP contribution in [0, 0.1) is 18.4 Å². The number of rotatable bonds is 3. The average molecular weight is 404 g/mol. The highest BCUT2D eigenvalue weighted by Gasteiger charge is 2.28. The Kier molecular flexibility index (Phi) is 5.39. The van der Waals surface area contributed by atoms with Crippen LogP contribution in [-0.2, 0) is 0 Å². The zero-order chi connectivity index (χ0) is 21.1. The molecule has 0 radical (unpaired) electrons. The maximum Gasteiger partial charge on any atom is 0.212 e. The largest absolute Gasteiger partial charge is 0.497 e. The van der Waals surface area contributed by atoms with Crippen molar-refractivity contribution in [2.75, 3.05) is 31.6 Å². The number of hydrogen-bond donors (Lipinski definition) is 2. The molecule has 30 heavy (non-hydrogen) atoms. The Hall–Kier alpha value is -3.80. The number of nitriles is 1. The predicted octanol–water partition coefficient (Wildman–Crippen LogP) is 2.54. The third-order valence-corrected chi connectivity index (χ3v) is 5.32. The van der Waals surface area contributed by atoms with Gasteiger partial charge < -0.3 is 19.5 Å². The highest BCUT2D eigenvalue weighted by atomic mass is 16.5. The topological polar surface area (TPSA) is 105 Å². The summed E-state index contributed by atoms with van der Waals surface area (Å²) in [4.78, 5) is 21.1. The van der Waals surface area contributed by atoms with Gasteiger partial charge in [0.1, 0.15) is 23.5 Å². The van der Waals surface area contributed by atoms with Gasteiger partial charge in [-0.1, -0.05) is 0 Å². The second-order valence-corrected chi connectivity index (χ2v) is 7.25. The van der Waals surface area contributed by atoms with Crippen LogP contribution in [0.1, 0.15) is 12.5 Å². The minimum absolute atomic E-state index is 0.126. The van der Waals surface area contributed by atoms with E-state index >= 15 is 0 Å². The maximum absolute atomic E-state index is 9.25. The lowest BCUT2D eigenvalue weighted by Crippen LogP contribution is -2.56. The number of guanidine groups is 1. The van der Waals surface area contributed by atoms with E-state index in [1.54, 1.807) is 13.4 Å². The number of aryl methyl sites for hydroxylation is 1. The molecule has 1 saturated heterocycles. The number of aliphatic imine (C=N–C) groups is 1. The molecule has 0 saturated carbocycles. The van der Waals surface area contributed by atoms with Crippen LogP contribution in [0.25, 0.3) is 11.0 Å². The quantitative estimate of drug-likeness (QED) is 0.299. The molecule has 1 aliphatic rings. The van der Waals surface area contributed by atoms with Crippen molar-refractivity contribution in [3.05, 3.63) is 42.4 Å². The van der Waals surface area contributed by atoms with Crippen molar-refractivity contribution in [2.45, 2.75) is 19.9 Å². The lowest BCUT2D eigenvalue weighted by Gasteiger charge is -2.41. The lowest BCUT2D eigenvalue weighted by atomic mass is 10.1. The smallest absolute Gasteiger partial charge is 0.212 e. The number of ether oxygens (including phenoxy) is 1. The van der Waals surface area contributed by atoms with Gasteiger partial charge in [0.05, 0.1) is 18.2 Å². The molecule has 0 spiro atoms. The summed E-state index contributed by atoms with van der Waals surface area (Å²) < 4.78 is 5.20. The SMILES string of the molecule is COc1ccc(N=C(NC#N)N2CCN(c3ncnc4[nH]cc(C)c34)C[C@@H]2C)cc1. The first-order valence-electron chi connectivity index (χ1n) is 9.79. The van der Waals surface area contributed by atoms with Gasteiger partial charge in [0.25, 0.3) is 0 Å². The highest BCUT2D eigenvalue weighted by molar-refractivity contribution is 5.91. The van der Waals surface area contributed by atoms with E-state index in [4.69, 9.17) is 4.74 Å². The van der Waals surface area contributed by atoms with Crippen LogP contribution in [0.4, 0.5) is 11.5 Å². The Bertz CT molecular complexity index is 1100. The second kappa shape index (κ2) is 8.29. The van der Waals surface area contributed by atoms with Crippen LogP contribution in [-0.4, -0.2) is 58.6 Å². The molecule has 0 amide bonds. The minimum Gasteiger partial charge on any atom is -0.497 e. The molecule has 3 aromatic rings. The van der Waals surface area contributed by atoms with Gasteiger partial charge in [0.15, 0.2) is 6.19 Å². The number of hydrogen-bond acceptors (Lipinski definition) is 6. The fourth-order valence-corrected chi connectivity index (χ4v) is 3.80. The first-order chi connectivity index (χ1) is 14.6. The molecule has 1 aliphatic heterocycles. The first-order valence-corrected chi connectivity index (χ1v) is 9.79. The van der Waals surface area contributed by atoms with Gasteiger partial charge in [0, 0.05) is 31.9 Å². The van der Waals surface area contributed by atoms with Crippen LogP contribution in [0.15, 0.2) is 41.8 Å². The number of nitrogens with one attached hydrogen (secondary N) is 2. The van der Waals surface area contributed by atoms with Crippen molar-refractivity contribution in [3.63, 3.8) is 0 Å². The third kappa shape index (κ3) is 3.72. The van der Waals surface area contributed by atoms with Crippen LogP contribution < -0.4 is 15.0 Å². The average Bonchev–Trinajstić information content (AvgIpc) is 3.15. The molecule has 154 valence electrons. The molecule has 3 heterocycles. The van der Waals surface area contributed by atoms with Crippen molar-refractivity contribution in [1.82, 2.24) is 25.2 Å². The van der Waals surface area contributed by atoms with E-state index < -0.39 is 0 Å². The highest BCUT2D eigenvalue weighted by Crippen LogP contribution is 2.28. The van der Waals surface area contributed by atoms with Crippen LogP contribution in [0.2, 0.25) is 0 Å². The molecular weight excluding hydrogens is 380 g/mol. The Morgan fingerprint density at radius 2 is 2.10 bits per heavy atom. The predicted molar refractivity (Wildman–Crippen MR) is 116 cm³/mol. The summed E-state index contributed by atoms with van der Waals surface area (Å²) in [5, 5.41) is 13.1. The van der Waals surface area contributed by atoms with E-state index in [0.29, 0.717) is 12.5 Å². The summed E-state index contributed by atoms with van der Waals surface area (Å²) >= 11 is 0. The maximum atomic E-state index is 9.25. The Morgan fingerprint density at radius 1 is 1.30 bits per heavy atom. The number of benzene rings is 1. The number of fused-ring (bicyclic) bond motifs is 1. The lowest BCUT2D eigenvalue weighted by molar-refractivity contribution is 0.291. The number of aromatic nitrogens is 3. The Morgan fingerprint density at radius 3 is 2.80 bits per heavy atom. The molecular formula is C21H24N8O. The number of methoxy groups -OCH3 is 1. The molecule has 0 unspecified atom stereocenters. The molecule has 9 nitrogen and oxygen atoms in total. The number of anilines is 1. The molecule has 0 aliphatic carbocycles. The van der Waals surface area contributed by atoms with E-state index in [1.807, 2.05) is 36.7 Å². The van der Waals surface area contributed by atoms with Crippen molar-refractivity contribution >= 4 is 28.5 Å². The fraction of sp³-hybridized carbons (Fsp3) is 0.333. The van der Waals surface area contributed by atoms with Crippen molar-refractivity contribution < 1.29 is 4.74 Å². The number of aromatic amines is 1. The molecule has 1 aromatic carbocycles. The molecule has 1 fully saturated rings. The summed E-state index contributed by atoms with van der Waals surface area (Å²) in [6, 6.07) is 7.56. The summed E-state index contributed by atoms with van der Waals surface area (Å²) in [7, 11) is 1.63. The molecule has 1 atom stereocenters. The molecule has 2 N–H and O–H groups in total. The number of piperazine rings is 1. The molecule has 4 rings (SSSR count). The third-order valence-electron chi connectivity index (χ3n) is 5.32. The Balaban J connectivity index is 1.56. The van der Waals surface area contributed by atoms with E-state index in [1.165, 1.54) is 0 Å². The van der Waals surface area contributed by atoms with Gasteiger partial charge >= 0.3 is 0 Å². The van der Waals surface area contributed by atoms with Gasteiger partial charge in [0.2, 0.25) is 5.96 Å².